The lowest BCUT2D eigenvalue weighted by Gasteiger charge is -2.40. The van der Waals surface area contributed by atoms with Crippen molar-refractivity contribution in [3.05, 3.63) is 90.0 Å². The maximum atomic E-state index is 14.2. The van der Waals surface area contributed by atoms with Gasteiger partial charge in [0.05, 0.1) is 4.90 Å². The Balaban J connectivity index is 1.43. The third-order valence-corrected chi connectivity index (χ3v) is 9.59. The zero-order valence-electron chi connectivity index (χ0n) is 27.4. The van der Waals surface area contributed by atoms with Crippen LogP contribution in [-0.4, -0.2) is 62.0 Å². The van der Waals surface area contributed by atoms with Crippen LogP contribution in [0.25, 0.3) is 0 Å². The molecular formula is C35H45N3O8S. The first-order chi connectivity index (χ1) is 22.3. The number of nitrogens with one attached hydrogen (secondary N) is 2. The zero-order valence-corrected chi connectivity index (χ0v) is 28.2. The number of carbonyl (C=O) groups excluding carboxylic acids is 2. The number of hydrogen-bond acceptors (Lipinski definition) is 8. The van der Waals surface area contributed by atoms with Crippen LogP contribution in [0.5, 0.6) is 11.5 Å². The van der Waals surface area contributed by atoms with Gasteiger partial charge >= 0.3 is 6.09 Å². The molecule has 3 aromatic carbocycles. The third kappa shape index (κ3) is 10.2. The molecule has 1 unspecified atom stereocenters. The number of nitrogens with zero attached hydrogens (tertiary/aromatic N) is 1. The monoisotopic (exact) mass is 667 g/mol. The molecule has 47 heavy (non-hydrogen) atoms. The Morgan fingerprint density at radius 2 is 1.57 bits per heavy atom. The molecule has 0 radical (unpaired) electrons. The number of amides is 2. The van der Waals surface area contributed by atoms with Crippen LogP contribution in [0, 0.1) is 11.3 Å². The van der Waals surface area contributed by atoms with E-state index in [0.717, 1.165) is 15.4 Å². The van der Waals surface area contributed by atoms with Gasteiger partial charge in [0.25, 0.3) is 0 Å². The van der Waals surface area contributed by atoms with Gasteiger partial charge in [-0.05, 0) is 34.6 Å². The van der Waals surface area contributed by atoms with Crippen molar-refractivity contribution in [2.75, 3.05) is 26.4 Å². The van der Waals surface area contributed by atoms with Gasteiger partial charge in [-0.15, -0.1) is 0 Å². The summed E-state index contributed by atoms with van der Waals surface area (Å²) in [6, 6.07) is 22.8. The van der Waals surface area contributed by atoms with Crippen molar-refractivity contribution in [3.63, 3.8) is 0 Å². The maximum Gasteiger partial charge on any atom is 0.407 e. The number of carbonyl (C=O) groups is 2. The molecule has 0 aliphatic carbocycles. The molecular weight excluding hydrogens is 622 g/mol. The largest absolute Gasteiger partial charge is 0.454 e. The van der Waals surface area contributed by atoms with E-state index in [1.807, 2.05) is 88.4 Å². The van der Waals surface area contributed by atoms with E-state index in [-0.39, 0.29) is 69.0 Å². The minimum Gasteiger partial charge on any atom is -0.454 e. The van der Waals surface area contributed by atoms with Crippen LogP contribution in [0.3, 0.4) is 0 Å². The predicted molar refractivity (Wildman–Crippen MR) is 177 cm³/mol. The SMILES string of the molecule is CC(C)CN(C(O)(CCNC(=O)CC(C)(C)CNC(=O)OCc1ccccc1)Cc1ccccc1)S(=O)(=O)c1ccc2c(c1)OCO2. The quantitative estimate of drug-likeness (QED) is 0.184. The molecule has 3 N–H and O–H groups in total. The number of ether oxygens (including phenoxy) is 3. The highest BCUT2D eigenvalue weighted by molar-refractivity contribution is 7.89. The van der Waals surface area contributed by atoms with E-state index in [1.54, 1.807) is 6.07 Å². The Hall–Kier alpha value is -4.13. The third-order valence-electron chi connectivity index (χ3n) is 7.67. The summed E-state index contributed by atoms with van der Waals surface area (Å²) in [6.07, 6.45) is -0.578. The van der Waals surface area contributed by atoms with E-state index in [0.29, 0.717) is 11.5 Å². The fourth-order valence-electron chi connectivity index (χ4n) is 5.26. The van der Waals surface area contributed by atoms with Crippen LogP contribution >= 0.6 is 0 Å². The van der Waals surface area contributed by atoms with E-state index in [4.69, 9.17) is 14.2 Å². The Kier molecular flexibility index (Phi) is 11.9. The topological polar surface area (TPSA) is 143 Å². The van der Waals surface area contributed by atoms with Gasteiger partial charge in [-0.3, -0.25) is 4.79 Å². The summed E-state index contributed by atoms with van der Waals surface area (Å²) < 4.78 is 45.5. The average molecular weight is 668 g/mol. The highest BCUT2D eigenvalue weighted by Crippen LogP contribution is 2.37. The number of fused-ring (bicyclic) bond motifs is 1. The molecule has 0 fully saturated rings. The molecule has 0 aromatic heterocycles. The van der Waals surface area contributed by atoms with E-state index in [2.05, 4.69) is 10.6 Å². The number of alkyl carbamates (subject to hydrolysis) is 1. The second-order valence-corrected chi connectivity index (χ2v) is 14.8. The van der Waals surface area contributed by atoms with Crippen LogP contribution in [0.15, 0.2) is 83.8 Å². The molecule has 0 bridgehead atoms. The summed E-state index contributed by atoms with van der Waals surface area (Å²) in [5.41, 5.74) is -0.887. The fourth-order valence-corrected chi connectivity index (χ4v) is 7.11. The van der Waals surface area contributed by atoms with Gasteiger partial charge in [0.15, 0.2) is 11.5 Å². The van der Waals surface area contributed by atoms with Crippen molar-refractivity contribution in [2.45, 2.75) is 64.2 Å². The standard InChI is InChI=1S/C35H45N3O8S/c1-26(2)22-38(47(42,43)29-15-16-30-31(19-29)46-25-45-30)35(41,20-27-11-7-5-8-12-27)17-18-36-32(39)21-34(3,4)24-37-33(40)44-23-28-13-9-6-10-14-28/h5-16,19,26,41H,17-18,20-25H2,1-4H3,(H,36,39)(H,37,40). The van der Waals surface area contributed by atoms with Crippen LogP contribution in [0.4, 0.5) is 4.79 Å². The summed E-state index contributed by atoms with van der Waals surface area (Å²) in [5, 5.41) is 17.8. The Labute approximate surface area is 277 Å². The highest BCUT2D eigenvalue weighted by Gasteiger charge is 2.43. The summed E-state index contributed by atoms with van der Waals surface area (Å²) in [5.74, 6) is 0.341. The lowest BCUT2D eigenvalue weighted by atomic mass is 9.89. The number of sulfonamides is 1. The minimum absolute atomic E-state index is 0.000713. The summed E-state index contributed by atoms with van der Waals surface area (Å²) in [6.45, 7) is 7.82. The normalized spacial score (nSPS) is 14.1. The van der Waals surface area contributed by atoms with E-state index in [1.165, 1.54) is 12.1 Å². The van der Waals surface area contributed by atoms with Crippen molar-refractivity contribution in [3.8, 4) is 11.5 Å². The van der Waals surface area contributed by atoms with Crippen molar-refractivity contribution in [1.82, 2.24) is 14.9 Å². The van der Waals surface area contributed by atoms with E-state index < -0.39 is 27.3 Å². The Morgan fingerprint density at radius 3 is 2.23 bits per heavy atom. The first kappa shape index (κ1) is 35.7. The molecule has 254 valence electrons. The highest BCUT2D eigenvalue weighted by atomic mass is 32.2. The number of rotatable bonds is 16. The van der Waals surface area contributed by atoms with Gasteiger partial charge in [-0.2, -0.15) is 4.31 Å². The molecule has 12 heteroatoms. The lowest BCUT2D eigenvalue weighted by Crippen LogP contribution is -2.55. The molecule has 1 aliphatic heterocycles. The van der Waals surface area contributed by atoms with Gasteiger partial charge < -0.3 is 30.0 Å². The first-order valence-electron chi connectivity index (χ1n) is 15.7. The molecule has 2 amide bonds. The average Bonchev–Trinajstić information content (AvgIpc) is 3.50. The molecule has 1 aliphatic rings. The lowest BCUT2D eigenvalue weighted by molar-refractivity contribution is -0.123. The van der Waals surface area contributed by atoms with Crippen LogP contribution < -0.4 is 20.1 Å². The summed E-state index contributed by atoms with van der Waals surface area (Å²) >= 11 is 0. The molecule has 1 heterocycles. The number of hydrogen-bond donors (Lipinski definition) is 3. The van der Waals surface area contributed by atoms with Crippen molar-refractivity contribution in [1.29, 1.82) is 0 Å². The molecule has 0 saturated carbocycles. The van der Waals surface area contributed by atoms with Gasteiger partial charge in [-0.25, -0.2) is 13.2 Å². The molecule has 3 aromatic rings. The molecule has 1 atom stereocenters. The van der Waals surface area contributed by atoms with Crippen LogP contribution in [-0.2, 0) is 32.6 Å². The molecule has 4 rings (SSSR count). The van der Waals surface area contributed by atoms with Crippen molar-refractivity contribution >= 4 is 22.0 Å². The number of aliphatic hydroxyl groups is 1. The van der Waals surface area contributed by atoms with Crippen LogP contribution in [0.1, 0.15) is 51.7 Å². The number of benzene rings is 3. The summed E-state index contributed by atoms with van der Waals surface area (Å²) in [4.78, 5) is 25.2. The second kappa shape index (κ2) is 15.6. The summed E-state index contributed by atoms with van der Waals surface area (Å²) in [7, 11) is -4.23. The second-order valence-electron chi connectivity index (χ2n) is 12.9. The minimum atomic E-state index is -4.23. The zero-order chi connectivity index (χ0) is 34.1. The van der Waals surface area contributed by atoms with Gasteiger partial charge in [0, 0.05) is 45.0 Å². The smallest absolute Gasteiger partial charge is 0.407 e. The van der Waals surface area contributed by atoms with E-state index >= 15 is 0 Å². The van der Waals surface area contributed by atoms with Gasteiger partial charge in [0.1, 0.15) is 12.3 Å². The van der Waals surface area contributed by atoms with E-state index in [9.17, 15) is 23.1 Å². The Morgan fingerprint density at radius 1 is 0.936 bits per heavy atom. The van der Waals surface area contributed by atoms with Crippen molar-refractivity contribution < 1.29 is 37.3 Å². The molecule has 0 spiro atoms. The fraction of sp³-hybridized carbons (Fsp3) is 0.429. The predicted octanol–water partition coefficient (Wildman–Crippen LogP) is 4.84. The van der Waals surface area contributed by atoms with Crippen LogP contribution in [0.2, 0.25) is 0 Å². The van der Waals surface area contributed by atoms with Gasteiger partial charge in [-0.1, -0.05) is 88.4 Å². The first-order valence-corrected chi connectivity index (χ1v) is 17.1. The molecule has 11 nitrogen and oxygen atoms in total. The Bertz CT molecular complexity index is 1600. The molecule has 0 saturated heterocycles. The maximum absolute atomic E-state index is 14.2. The van der Waals surface area contributed by atoms with Crippen molar-refractivity contribution in [2.24, 2.45) is 11.3 Å². The van der Waals surface area contributed by atoms with Gasteiger partial charge in [0.2, 0.25) is 22.7 Å².